The molecule has 0 saturated heterocycles. The Kier molecular flexibility index (Phi) is 4.19. The van der Waals surface area contributed by atoms with Gasteiger partial charge in [0, 0.05) is 23.5 Å². The molecule has 1 aliphatic carbocycles. The van der Waals surface area contributed by atoms with Crippen molar-refractivity contribution in [2.75, 3.05) is 11.5 Å². The highest BCUT2D eigenvalue weighted by Crippen LogP contribution is 2.36. The molecule has 29 heavy (non-hydrogen) atoms. The Bertz CT molecular complexity index is 1150. The molecule has 148 valence electrons. The summed E-state index contributed by atoms with van der Waals surface area (Å²) in [5.41, 5.74) is 2.53. The molecule has 1 aromatic carbocycles. The van der Waals surface area contributed by atoms with Gasteiger partial charge in [0.25, 0.3) is 11.5 Å². The van der Waals surface area contributed by atoms with Gasteiger partial charge in [-0.2, -0.15) is 0 Å². The van der Waals surface area contributed by atoms with E-state index in [-0.39, 0.29) is 36.1 Å². The Labute approximate surface area is 165 Å². The molecule has 8 heteroatoms. The maximum absolute atomic E-state index is 14.9. The van der Waals surface area contributed by atoms with E-state index >= 15 is 0 Å². The number of ether oxygens (including phenoxy) is 1. The maximum Gasteiger partial charge on any atom is 0.274 e. The molecule has 0 radical (unpaired) electrons. The quantitative estimate of drug-likeness (QED) is 0.740. The lowest BCUT2D eigenvalue weighted by atomic mass is 9.98. The average Bonchev–Trinajstić information content (AvgIpc) is 3.07. The summed E-state index contributed by atoms with van der Waals surface area (Å²) in [6.45, 7) is 0.0621. The molecule has 2 aromatic heterocycles. The Morgan fingerprint density at radius 2 is 2.00 bits per heavy atom. The zero-order valence-electron chi connectivity index (χ0n) is 15.7. The monoisotopic (exact) mass is 394 g/mol. The third-order valence-corrected chi connectivity index (χ3v) is 5.43. The number of aromatic amines is 1. The van der Waals surface area contributed by atoms with Crippen molar-refractivity contribution in [3.63, 3.8) is 0 Å². The summed E-state index contributed by atoms with van der Waals surface area (Å²) in [4.78, 5) is 31.1. The number of nitrogens with one attached hydrogen (secondary N) is 1. The minimum atomic E-state index is -0.586. The minimum absolute atomic E-state index is 0.0764. The zero-order chi connectivity index (χ0) is 20.0. The number of anilines is 1. The van der Waals surface area contributed by atoms with Crippen LogP contribution in [-0.2, 0) is 24.2 Å². The number of carbonyl (C=O) groups excluding carboxylic acids is 1. The molecule has 3 aromatic rings. The van der Waals surface area contributed by atoms with E-state index in [1.807, 2.05) is 12.1 Å². The Hall–Kier alpha value is -3.42. The first-order valence-corrected chi connectivity index (χ1v) is 9.61. The number of rotatable bonds is 3. The van der Waals surface area contributed by atoms with Crippen molar-refractivity contribution in [2.45, 2.75) is 32.2 Å². The van der Waals surface area contributed by atoms with Crippen molar-refractivity contribution in [1.29, 1.82) is 0 Å². The number of amides is 1. The van der Waals surface area contributed by atoms with Gasteiger partial charge in [-0.15, -0.1) is 0 Å². The molecule has 0 bridgehead atoms. The standard InChI is InChI=1S/C21H19FN4O3/c22-15-9-19-18(25(20(27)12-29-19)11-13-5-3-4-8-23-13)10-17(15)26-21(28)14-6-1-2-7-16(14)24-26/h3-5,8-10,24H,1-2,6-7,11-12H2. The molecule has 1 aliphatic heterocycles. The van der Waals surface area contributed by atoms with Crippen LogP contribution in [0.1, 0.15) is 29.8 Å². The van der Waals surface area contributed by atoms with E-state index < -0.39 is 5.82 Å². The van der Waals surface area contributed by atoms with Gasteiger partial charge in [-0.25, -0.2) is 9.07 Å². The second kappa shape index (κ2) is 6.88. The first-order valence-electron chi connectivity index (χ1n) is 9.61. The lowest BCUT2D eigenvalue weighted by molar-refractivity contribution is -0.121. The van der Waals surface area contributed by atoms with E-state index in [0.717, 1.165) is 25.0 Å². The number of benzene rings is 1. The highest BCUT2D eigenvalue weighted by Gasteiger charge is 2.29. The van der Waals surface area contributed by atoms with E-state index in [1.54, 1.807) is 12.3 Å². The molecule has 1 N–H and O–H groups in total. The van der Waals surface area contributed by atoms with Crippen LogP contribution in [0.4, 0.5) is 10.1 Å². The predicted molar refractivity (Wildman–Crippen MR) is 104 cm³/mol. The van der Waals surface area contributed by atoms with E-state index in [4.69, 9.17) is 4.74 Å². The molecule has 0 saturated carbocycles. The van der Waals surface area contributed by atoms with Crippen LogP contribution in [-0.4, -0.2) is 27.3 Å². The van der Waals surface area contributed by atoms with Crippen molar-refractivity contribution in [2.24, 2.45) is 0 Å². The number of hydrogen-bond donors (Lipinski definition) is 1. The summed E-state index contributed by atoms with van der Waals surface area (Å²) in [6.07, 6.45) is 5.07. The van der Waals surface area contributed by atoms with E-state index in [1.165, 1.54) is 21.7 Å². The third kappa shape index (κ3) is 3.00. The molecule has 0 atom stereocenters. The highest BCUT2D eigenvalue weighted by molar-refractivity contribution is 5.98. The fourth-order valence-corrected chi connectivity index (χ4v) is 3.96. The topological polar surface area (TPSA) is 80.2 Å². The number of aryl methyl sites for hydroxylation is 1. The predicted octanol–water partition coefficient (Wildman–Crippen LogP) is 2.50. The fraction of sp³-hybridized carbons (Fsp3) is 0.286. The molecule has 0 unspecified atom stereocenters. The number of hydrogen-bond acceptors (Lipinski definition) is 4. The summed E-state index contributed by atoms with van der Waals surface area (Å²) < 4.78 is 21.6. The molecule has 0 fully saturated rings. The number of halogens is 1. The SMILES string of the molecule is O=C1COc2cc(F)c(-n3[nH]c4c(c3=O)CCCC4)cc2N1Cc1ccccn1. The van der Waals surface area contributed by atoms with Crippen molar-refractivity contribution < 1.29 is 13.9 Å². The van der Waals surface area contributed by atoms with Gasteiger partial charge >= 0.3 is 0 Å². The molecule has 5 rings (SSSR count). The van der Waals surface area contributed by atoms with Crippen LogP contribution in [0.3, 0.4) is 0 Å². The van der Waals surface area contributed by atoms with Crippen LogP contribution >= 0.6 is 0 Å². The summed E-state index contributed by atoms with van der Waals surface area (Å²) in [5, 5.41) is 3.05. The number of H-pyrrole nitrogens is 1. The highest BCUT2D eigenvalue weighted by atomic mass is 19.1. The lowest BCUT2D eigenvalue weighted by Gasteiger charge is -2.29. The molecule has 0 spiro atoms. The number of fused-ring (bicyclic) bond motifs is 2. The van der Waals surface area contributed by atoms with Crippen molar-refractivity contribution in [3.05, 3.63) is 69.7 Å². The Balaban J connectivity index is 1.61. The normalized spacial score (nSPS) is 15.6. The smallest absolute Gasteiger partial charge is 0.274 e. The number of carbonyl (C=O) groups is 1. The Morgan fingerprint density at radius 3 is 2.79 bits per heavy atom. The summed E-state index contributed by atoms with van der Waals surface area (Å²) in [5.74, 6) is -0.568. The molecular formula is C21H19FN4O3. The number of aromatic nitrogens is 3. The van der Waals surface area contributed by atoms with E-state index in [2.05, 4.69) is 10.1 Å². The minimum Gasteiger partial charge on any atom is -0.481 e. The zero-order valence-corrected chi connectivity index (χ0v) is 15.7. The maximum atomic E-state index is 14.9. The lowest BCUT2D eigenvalue weighted by Crippen LogP contribution is -2.38. The second-order valence-corrected chi connectivity index (χ2v) is 7.28. The van der Waals surface area contributed by atoms with Crippen molar-refractivity contribution in [1.82, 2.24) is 14.8 Å². The van der Waals surface area contributed by atoms with Crippen LogP contribution in [0.15, 0.2) is 41.3 Å². The van der Waals surface area contributed by atoms with Crippen molar-refractivity contribution >= 4 is 11.6 Å². The van der Waals surface area contributed by atoms with Gasteiger partial charge in [-0.1, -0.05) is 6.07 Å². The first kappa shape index (κ1) is 17.7. The summed E-state index contributed by atoms with van der Waals surface area (Å²) in [6, 6.07) is 8.18. The van der Waals surface area contributed by atoms with Crippen LogP contribution in [0.5, 0.6) is 5.75 Å². The van der Waals surface area contributed by atoms with Crippen LogP contribution in [0.2, 0.25) is 0 Å². The fourth-order valence-electron chi connectivity index (χ4n) is 3.96. The van der Waals surface area contributed by atoms with Gasteiger partial charge in [0.05, 0.1) is 17.9 Å². The van der Waals surface area contributed by atoms with E-state index in [0.29, 0.717) is 23.4 Å². The van der Waals surface area contributed by atoms with Crippen LogP contribution in [0.25, 0.3) is 5.69 Å². The van der Waals surface area contributed by atoms with Gasteiger partial charge < -0.3 is 4.74 Å². The first-order chi connectivity index (χ1) is 14.1. The van der Waals surface area contributed by atoms with Gasteiger partial charge in [0.1, 0.15) is 11.4 Å². The van der Waals surface area contributed by atoms with Gasteiger partial charge in [0.2, 0.25) is 0 Å². The van der Waals surface area contributed by atoms with E-state index in [9.17, 15) is 14.0 Å². The average molecular weight is 394 g/mol. The largest absolute Gasteiger partial charge is 0.481 e. The van der Waals surface area contributed by atoms with Crippen LogP contribution < -0.4 is 15.2 Å². The number of nitrogens with zero attached hydrogens (tertiary/aromatic N) is 3. The van der Waals surface area contributed by atoms with Crippen molar-refractivity contribution in [3.8, 4) is 11.4 Å². The van der Waals surface area contributed by atoms with Gasteiger partial charge in [-0.3, -0.25) is 24.6 Å². The molecular weight excluding hydrogens is 375 g/mol. The summed E-state index contributed by atoms with van der Waals surface area (Å²) >= 11 is 0. The molecule has 2 aliphatic rings. The van der Waals surface area contributed by atoms with Crippen LogP contribution in [0, 0.1) is 5.82 Å². The summed E-state index contributed by atoms with van der Waals surface area (Å²) in [7, 11) is 0. The van der Waals surface area contributed by atoms with Gasteiger partial charge in [-0.05, 0) is 43.9 Å². The number of pyridine rings is 1. The molecule has 3 heterocycles. The Morgan fingerprint density at radius 1 is 1.14 bits per heavy atom. The second-order valence-electron chi connectivity index (χ2n) is 7.28. The molecule has 1 amide bonds. The molecule has 7 nitrogen and oxygen atoms in total. The third-order valence-electron chi connectivity index (χ3n) is 5.43. The van der Waals surface area contributed by atoms with Gasteiger partial charge in [0.15, 0.2) is 12.4 Å².